The number of carbonyl (C=O) groups is 2. The second kappa shape index (κ2) is 11.5. The Morgan fingerprint density at radius 2 is 1.85 bits per heavy atom. The average Bonchev–Trinajstić information content (AvgIpc) is 3.19. The number of aromatic nitrogens is 2. The van der Waals surface area contributed by atoms with Crippen LogP contribution < -0.4 is 4.74 Å². The maximum atomic E-state index is 13.6. The van der Waals surface area contributed by atoms with Gasteiger partial charge < -0.3 is 14.4 Å². The van der Waals surface area contributed by atoms with E-state index in [4.69, 9.17) is 9.47 Å². The van der Waals surface area contributed by atoms with Gasteiger partial charge in [-0.3, -0.25) is 4.79 Å². The van der Waals surface area contributed by atoms with Crippen LogP contribution in [0.3, 0.4) is 0 Å². The zero-order valence-corrected chi connectivity index (χ0v) is 18.9. The molecule has 0 N–H and O–H groups in total. The van der Waals surface area contributed by atoms with Crippen LogP contribution >= 0.6 is 0 Å². The van der Waals surface area contributed by atoms with Crippen molar-refractivity contribution in [3.63, 3.8) is 0 Å². The van der Waals surface area contributed by atoms with E-state index in [1.165, 1.54) is 25.3 Å². The van der Waals surface area contributed by atoms with Gasteiger partial charge in [0.15, 0.2) is 11.5 Å². The quantitative estimate of drug-likeness (QED) is 0.216. The van der Waals surface area contributed by atoms with Crippen molar-refractivity contribution >= 4 is 11.8 Å². The van der Waals surface area contributed by atoms with Crippen LogP contribution in [0.4, 0.5) is 17.6 Å². The normalized spacial score (nSPS) is 14.7. The molecule has 2 aromatic rings. The van der Waals surface area contributed by atoms with Crippen LogP contribution in [0.5, 0.6) is 5.88 Å². The van der Waals surface area contributed by atoms with Crippen molar-refractivity contribution in [3.8, 4) is 5.88 Å². The lowest BCUT2D eigenvalue weighted by atomic mass is 10.1. The Balaban J connectivity index is 1.70. The number of hydrogen-bond acceptors (Lipinski definition) is 6. The van der Waals surface area contributed by atoms with E-state index in [1.54, 1.807) is 6.92 Å². The van der Waals surface area contributed by atoms with Crippen LogP contribution in [0.2, 0.25) is 0 Å². The summed E-state index contributed by atoms with van der Waals surface area (Å²) in [5.74, 6) is -2.91. The van der Waals surface area contributed by atoms with Crippen molar-refractivity contribution in [1.82, 2.24) is 14.7 Å². The Kier molecular flexibility index (Phi) is 8.65. The Morgan fingerprint density at radius 3 is 2.53 bits per heavy atom. The SMILES string of the molecule is CCOC(=O)c1cc(OCCCN2CCCCC2)nn1CC(=O)c1ccc(F)c(C(F)(F)F)c1. The largest absolute Gasteiger partial charge is 0.477 e. The van der Waals surface area contributed by atoms with Crippen molar-refractivity contribution in [3.05, 3.63) is 46.9 Å². The molecule has 0 radical (unpaired) electrons. The van der Waals surface area contributed by atoms with Gasteiger partial charge in [-0.1, -0.05) is 6.42 Å². The van der Waals surface area contributed by atoms with Crippen molar-refractivity contribution in [1.29, 1.82) is 0 Å². The van der Waals surface area contributed by atoms with Gasteiger partial charge in [-0.05, 0) is 57.5 Å². The van der Waals surface area contributed by atoms with Crippen LogP contribution in [-0.4, -0.2) is 59.3 Å². The first kappa shape index (κ1) is 25.7. The number of carbonyl (C=O) groups excluding carboxylic acids is 2. The molecule has 1 aromatic heterocycles. The molecule has 3 rings (SSSR count). The van der Waals surface area contributed by atoms with Crippen LogP contribution in [-0.2, 0) is 17.5 Å². The minimum atomic E-state index is -4.95. The Bertz CT molecular complexity index is 1000. The van der Waals surface area contributed by atoms with Crippen LogP contribution in [0.25, 0.3) is 0 Å². The minimum absolute atomic E-state index is 0.0700. The smallest absolute Gasteiger partial charge is 0.419 e. The summed E-state index contributed by atoms with van der Waals surface area (Å²) >= 11 is 0. The number of alkyl halides is 3. The second-order valence-electron chi connectivity index (χ2n) is 7.97. The summed E-state index contributed by atoms with van der Waals surface area (Å²) in [6.07, 6.45) is -0.593. The summed E-state index contributed by atoms with van der Waals surface area (Å²) in [6.45, 7) is 4.48. The minimum Gasteiger partial charge on any atom is -0.477 e. The fraction of sp³-hybridized carbons (Fsp3) is 0.522. The van der Waals surface area contributed by atoms with Gasteiger partial charge in [-0.2, -0.15) is 13.2 Å². The molecular formula is C23H27F4N3O4. The number of hydrogen-bond donors (Lipinski definition) is 0. The number of esters is 1. The maximum Gasteiger partial charge on any atom is 0.419 e. The molecule has 2 heterocycles. The molecule has 0 spiro atoms. The van der Waals surface area contributed by atoms with E-state index >= 15 is 0 Å². The number of ether oxygens (including phenoxy) is 2. The molecule has 1 aliphatic heterocycles. The van der Waals surface area contributed by atoms with Gasteiger partial charge >= 0.3 is 12.1 Å². The molecule has 1 aliphatic rings. The highest BCUT2D eigenvalue weighted by atomic mass is 19.4. The van der Waals surface area contributed by atoms with Gasteiger partial charge in [-0.15, -0.1) is 5.10 Å². The van der Waals surface area contributed by atoms with Gasteiger partial charge in [0, 0.05) is 18.2 Å². The summed E-state index contributed by atoms with van der Waals surface area (Å²) in [4.78, 5) is 27.3. The van der Waals surface area contributed by atoms with Crippen LogP contribution in [0.1, 0.15) is 59.0 Å². The molecule has 0 amide bonds. The monoisotopic (exact) mass is 485 g/mol. The molecule has 1 fully saturated rings. The molecule has 1 saturated heterocycles. The number of ketones is 1. The van der Waals surface area contributed by atoms with E-state index in [1.807, 2.05) is 0 Å². The highest BCUT2D eigenvalue weighted by Crippen LogP contribution is 2.32. The highest BCUT2D eigenvalue weighted by Gasteiger charge is 2.34. The molecule has 0 atom stereocenters. The van der Waals surface area contributed by atoms with Crippen molar-refractivity contribution < 1.29 is 36.6 Å². The zero-order valence-electron chi connectivity index (χ0n) is 18.9. The molecule has 34 heavy (non-hydrogen) atoms. The number of Topliss-reactive ketones (excluding diaryl/α,β-unsaturated/α-hetero) is 1. The molecule has 11 heteroatoms. The lowest BCUT2D eigenvalue weighted by molar-refractivity contribution is -0.140. The molecule has 0 saturated carbocycles. The lowest BCUT2D eigenvalue weighted by Crippen LogP contribution is -2.31. The van der Waals surface area contributed by atoms with Gasteiger partial charge in [-0.25, -0.2) is 13.9 Å². The van der Waals surface area contributed by atoms with Crippen molar-refractivity contribution in [2.24, 2.45) is 0 Å². The number of benzene rings is 1. The highest BCUT2D eigenvalue weighted by molar-refractivity contribution is 5.97. The number of likely N-dealkylation sites (tertiary alicyclic amines) is 1. The van der Waals surface area contributed by atoms with E-state index < -0.39 is 35.9 Å². The number of rotatable bonds is 10. The Hall–Kier alpha value is -2.95. The fourth-order valence-electron chi connectivity index (χ4n) is 3.74. The summed E-state index contributed by atoms with van der Waals surface area (Å²) < 4.78 is 64.2. The standard InChI is InChI=1S/C23H27F4N3O4/c1-2-33-22(32)19-14-21(34-12-6-11-29-9-4-3-5-10-29)28-30(19)15-20(31)16-7-8-18(24)17(13-16)23(25,26)27/h7-8,13-14H,2-6,9-12,15H2,1H3. The van der Waals surface area contributed by atoms with Gasteiger partial charge in [0.2, 0.25) is 5.88 Å². The molecule has 0 bridgehead atoms. The van der Waals surface area contributed by atoms with E-state index in [0.29, 0.717) is 18.7 Å². The molecular weight excluding hydrogens is 458 g/mol. The first-order valence-electron chi connectivity index (χ1n) is 11.2. The van der Waals surface area contributed by atoms with Gasteiger partial charge in [0.1, 0.15) is 12.4 Å². The van der Waals surface area contributed by atoms with Crippen LogP contribution in [0.15, 0.2) is 24.3 Å². The lowest BCUT2D eigenvalue weighted by Gasteiger charge is -2.26. The average molecular weight is 485 g/mol. The third-order valence-corrected chi connectivity index (χ3v) is 5.45. The third kappa shape index (κ3) is 6.78. The Labute approximate surface area is 194 Å². The first-order chi connectivity index (χ1) is 16.2. The van der Waals surface area contributed by atoms with E-state index in [2.05, 4.69) is 10.00 Å². The van der Waals surface area contributed by atoms with Gasteiger partial charge in [0.25, 0.3) is 0 Å². The van der Waals surface area contributed by atoms with Crippen LogP contribution in [0, 0.1) is 5.82 Å². The molecule has 186 valence electrons. The summed E-state index contributed by atoms with van der Waals surface area (Å²) in [5.41, 5.74) is -1.97. The Morgan fingerprint density at radius 1 is 1.12 bits per heavy atom. The molecule has 1 aromatic carbocycles. The zero-order chi connectivity index (χ0) is 24.7. The van der Waals surface area contributed by atoms with E-state index in [0.717, 1.165) is 36.8 Å². The number of halogens is 4. The van der Waals surface area contributed by atoms with E-state index in [9.17, 15) is 27.2 Å². The molecule has 0 aliphatic carbocycles. The molecule has 7 nitrogen and oxygen atoms in total. The summed E-state index contributed by atoms with van der Waals surface area (Å²) in [6, 6.07) is 3.32. The number of piperidine rings is 1. The predicted molar refractivity (Wildman–Crippen MR) is 114 cm³/mol. The van der Waals surface area contributed by atoms with Crippen molar-refractivity contribution in [2.45, 2.75) is 45.3 Å². The first-order valence-corrected chi connectivity index (χ1v) is 11.2. The second-order valence-corrected chi connectivity index (χ2v) is 7.97. The van der Waals surface area contributed by atoms with Gasteiger partial charge in [0.05, 0.1) is 18.8 Å². The maximum absolute atomic E-state index is 13.6. The predicted octanol–water partition coefficient (Wildman–Crippen LogP) is 4.36. The summed E-state index contributed by atoms with van der Waals surface area (Å²) in [5, 5.41) is 4.11. The topological polar surface area (TPSA) is 73.7 Å². The summed E-state index contributed by atoms with van der Waals surface area (Å²) in [7, 11) is 0. The number of nitrogens with zero attached hydrogens (tertiary/aromatic N) is 3. The molecule has 0 unspecified atom stereocenters. The fourth-order valence-corrected chi connectivity index (χ4v) is 3.74. The van der Waals surface area contributed by atoms with E-state index in [-0.39, 0.29) is 23.7 Å². The third-order valence-electron chi connectivity index (χ3n) is 5.45. The van der Waals surface area contributed by atoms with Crippen molar-refractivity contribution in [2.75, 3.05) is 32.8 Å².